The predicted octanol–water partition coefficient (Wildman–Crippen LogP) is 0.0826. The molecule has 11 heavy (non-hydrogen) atoms. The van der Waals surface area contributed by atoms with E-state index < -0.39 is 18.2 Å². The fourth-order valence-corrected chi connectivity index (χ4v) is 0.611. The van der Waals surface area contributed by atoms with Gasteiger partial charge in [-0.15, -0.1) is 0 Å². The highest BCUT2D eigenvalue weighted by Gasteiger charge is 2.16. The molecule has 0 saturated carbocycles. The first-order valence-corrected chi connectivity index (χ1v) is 3.92. The molecule has 0 heterocycles. The summed E-state index contributed by atoms with van der Waals surface area (Å²) in [5.74, 6) is -2.11. The predicted molar refractivity (Wildman–Crippen MR) is 40.4 cm³/mol. The smallest absolute Gasteiger partial charge is 0.374 e. The Kier molecular flexibility index (Phi) is 4.69. The maximum Gasteiger partial charge on any atom is 0.374 e. The zero-order valence-corrected chi connectivity index (χ0v) is 7.51. The number of hydrogen-bond acceptors (Lipinski definition) is 4. The first kappa shape index (κ1) is 10.3. The molecule has 0 aromatic carbocycles. The van der Waals surface area contributed by atoms with Crippen LogP contribution in [0.3, 0.4) is 0 Å². The van der Waals surface area contributed by atoms with Crippen molar-refractivity contribution in [3.05, 3.63) is 0 Å². The van der Waals surface area contributed by atoms with Crippen LogP contribution in [0.5, 0.6) is 0 Å². The average molecular weight is 223 g/mol. The van der Waals surface area contributed by atoms with Gasteiger partial charge in [0.2, 0.25) is 5.78 Å². The van der Waals surface area contributed by atoms with Crippen molar-refractivity contribution in [1.29, 1.82) is 0 Å². The van der Waals surface area contributed by atoms with Crippen LogP contribution in [-0.4, -0.2) is 30.0 Å². The molecule has 5 heteroatoms. The zero-order chi connectivity index (χ0) is 8.85. The van der Waals surface area contributed by atoms with Gasteiger partial charge in [0, 0.05) is 0 Å². The van der Waals surface area contributed by atoms with Crippen molar-refractivity contribution in [3.63, 3.8) is 0 Å². The molecule has 0 unspecified atom stereocenters. The molecular weight excluding hydrogens is 216 g/mol. The summed E-state index contributed by atoms with van der Waals surface area (Å²) in [7, 11) is 1.10. The van der Waals surface area contributed by atoms with E-state index in [2.05, 4.69) is 20.7 Å². The van der Waals surface area contributed by atoms with Crippen LogP contribution in [0.2, 0.25) is 0 Å². The van der Waals surface area contributed by atoms with E-state index in [-0.39, 0.29) is 11.1 Å². The second-order valence-electron chi connectivity index (χ2n) is 1.76. The number of carbonyl (C=O) groups is 3. The van der Waals surface area contributed by atoms with Gasteiger partial charge in [0.1, 0.15) is 0 Å². The lowest BCUT2D eigenvalue weighted by molar-refractivity contribution is -0.152. The molecule has 0 N–H and O–H groups in total. The Morgan fingerprint density at radius 3 is 2.27 bits per heavy atom. The zero-order valence-electron chi connectivity index (χ0n) is 5.93. The van der Waals surface area contributed by atoms with Gasteiger partial charge < -0.3 is 4.74 Å². The lowest BCUT2D eigenvalue weighted by Crippen LogP contribution is -2.19. The molecule has 0 radical (unpaired) electrons. The molecule has 0 aliphatic heterocycles. The molecular formula is C6H7BrO4. The van der Waals surface area contributed by atoms with Crippen molar-refractivity contribution in [1.82, 2.24) is 0 Å². The highest BCUT2D eigenvalue weighted by Crippen LogP contribution is 1.92. The molecule has 0 fully saturated rings. The van der Waals surface area contributed by atoms with Gasteiger partial charge in [-0.2, -0.15) is 0 Å². The van der Waals surface area contributed by atoms with Crippen molar-refractivity contribution in [2.45, 2.75) is 6.42 Å². The van der Waals surface area contributed by atoms with Gasteiger partial charge in [0.15, 0.2) is 5.78 Å². The first-order valence-electron chi connectivity index (χ1n) is 2.80. The molecule has 0 aliphatic carbocycles. The summed E-state index contributed by atoms with van der Waals surface area (Å²) in [4.78, 5) is 31.6. The van der Waals surface area contributed by atoms with Crippen LogP contribution in [0.1, 0.15) is 6.42 Å². The number of ether oxygens (including phenoxy) is 1. The van der Waals surface area contributed by atoms with Crippen LogP contribution in [0.15, 0.2) is 0 Å². The number of halogens is 1. The molecule has 0 saturated heterocycles. The number of methoxy groups -OCH3 is 1. The second-order valence-corrected chi connectivity index (χ2v) is 2.32. The van der Waals surface area contributed by atoms with E-state index in [1.807, 2.05) is 0 Å². The van der Waals surface area contributed by atoms with Crippen molar-refractivity contribution >= 4 is 33.5 Å². The van der Waals surface area contributed by atoms with E-state index in [4.69, 9.17) is 0 Å². The number of ketones is 2. The first-order chi connectivity index (χ1) is 5.11. The van der Waals surface area contributed by atoms with Crippen LogP contribution in [0, 0.1) is 0 Å². The summed E-state index contributed by atoms with van der Waals surface area (Å²) in [6, 6.07) is 0. The Balaban J connectivity index is 3.88. The maximum absolute atomic E-state index is 10.6. The number of alkyl halides is 1. The number of esters is 1. The van der Waals surface area contributed by atoms with E-state index in [1.54, 1.807) is 0 Å². The summed E-state index contributed by atoms with van der Waals surface area (Å²) >= 11 is 2.86. The van der Waals surface area contributed by atoms with Crippen LogP contribution in [0.4, 0.5) is 0 Å². The highest BCUT2D eigenvalue weighted by molar-refractivity contribution is 9.09. The summed E-state index contributed by atoms with van der Waals surface area (Å²) < 4.78 is 4.10. The number of Topliss-reactive ketones (excluding diaryl/α,β-unsaturated/α-hetero) is 2. The molecule has 0 amide bonds. The van der Waals surface area contributed by atoms with Gasteiger partial charge in [-0.25, -0.2) is 4.79 Å². The van der Waals surface area contributed by atoms with Gasteiger partial charge >= 0.3 is 5.97 Å². The Labute approximate surface area is 72.0 Å². The summed E-state index contributed by atoms with van der Waals surface area (Å²) in [6.45, 7) is 0. The van der Waals surface area contributed by atoms with E-state index in [9.17, 15) is 14.4 Å². The maximum atomic E-state index is 10.6. The second kappa shape index (κ2) is 5.01. The molecule has 4 nitrogen and oxygen atoms in total. The summed E-state index contributed by atoms with van der Waals surface area (Å²) in [5, 5.41) is 0.0791. The molecule has 0 atom stereocenters. The van der Waals surface area contributed by atoms with Gasteiger partial charge in [-0.05, 0) is 0 Å². The monoisotopic (exact) mass is 222 g/mol. The number of rotatable bonds is 4. The van der Waals surface area contributed by atoms with Crippen molar-refractivity contribution in [3.8, 4) is 0 Å². The van der Waals surface area contributed by atoms with Crippen molar-refractivity contribution < 1.29 is 19.1 Å². The normalized spacial score (nSPS) is 8.91. The largest absolute Gasteiger partial charge is 0.463 e. The lowest BCUT2D eigenvalue weighted by Gasteiger charge is -1.94. The Hall–Kier alpha value is -0.710. The topological polar surface area (TPSA) is 60.4 Å². The average Bonchev–Trinajstić information content (AvgIpc) is 2.02. The fourth-order valence-electron chi connectivity index (χ4n) is 0.412. The molecule has 0 aliphatic rings. The Morgan fingerprint density at radius 1 is 1.36 bits per heavy atom. The lowest BCUT2D eigenvalue weighted by atomic mass is 10.2. The number of hydrogen-bond donors (Lipinski definition) is 0. The van der Waals surface area contributed by atoms with E-state index in [1.165, 1.54) is 0 Å². The molecule has 0 rings (SSSR count). The third kappa shape index (κ3) is 3.87. The quantitative estimate of drug-likeness (QED) is 0.293. The van der Waals surface area contributed by atoms with Crippen molar-refractivity contribution in [2.24, 2.45) is 0 Å². The molecule has 0 bridgehead atoms. The highest BCUT2D eigenvalue weighted by atomic mass is 79.9. The van der Waals surface area contributed by atoms with E-state index in [0.717, 1.165) is 7.11 Å². The van der Waals surface area contributed by atoms with E-state index >= 15 is 0 Å². The van der Waals surface area contributed by atoms with E-state index in [0.29, 0.717) is 0 Å². The third-order valence-electron chi connectivity index (χ3n) is 0.920. The third-order valence-corrected chi connectivity index (χ3v) is 1.55. The fraction of sp³-hybridized carbons (Fsp3) is 0.500. The molecule has 0 spiro atoms. The SMILES string of the molecule is COC(=O)C(=O)CC(=O)CBr. The van der Waals surface area contributed by atoms with Crippen molar-refractivity contribution in [2.75, 3.05) is 12.4 Å². The summed E-state index contributed by atoms with van der Waals surface area (Å²) in [5.41, 5.74) is 0. The summed E-state index contributed by atoms with van der Waals surface area (Å²) in [6.07, 6.45) is -0.391. The molecule has 0 aromatic rings. The van der Waals surface area contributed by atoms with Gasteiger partial charge in [-0.3, -0.25) is 9.59 Å². The molecule has 62 valence electrons. The number of carbonyl (C=O) groups excluding carboxylic acids is 3. The standard InChI is InChI=1S/C6H7BrO4/c1-11-6(10)5(9)2-4(8)3-7/h2-3H2,1H3. The van der Waals surface area contributed by atoms with Gasteiger partial charge in [-0.1, -0.05) is 15.9 Å². The molecule has 0 aromatic heterocycles. The minimum absolute atomic E-state index is 0.0791. The van der Waals surface area contributed by atoms with Gasteiger partial charge in [0.25, 0.3) is 0 Å². The Morgan fingerprint density at radius 2 is 1.91 bits per heavy atom. The minimum atomic E-state index is -0.973. The Bertz CT molecular complexity index is 187. The van der Waals surface area contributed by atoms with Crippen LogP contribution in [-0.2, 0) is 19.1 Å². The van der Waals surface area contributed by atoms with Crippen LogP contribution >= 0.6 is 15.9 Å². The van der Waals surface area contributed by atoms with Crippen LogP contribution in [0.25, 0.3) is 0 Å². The van der Waals surface area contributed by atoms with Gasteiger partial charge in [0.05, 0.1) is 18.9 Å². The van der Waals surface area contributed by atoms with Crippen LogP contribution < -0.4 is 0 Å². The minimum Gasteiger partial charge on any atom is -0.463 e.